The van der Waals surface area contributed by atoms with Gasteiger partial charge in [-0.1, -0.05) is 0 Å². The fraction of sp³-hybridized carbons (Fsp3) is 0.100. The molecule has 0 radical (unpaired) electrons. The van der Waals surface area contributed by atoms with Gasteiger partial charge in [-0.2, -0.15) is 10.1 Å². The standard InChI is InChI=1S/C10H9BrN6/c1-16-4-6(3-13-16)8-2-7(11)5-17-9(8)14-10(12)15-17/h2-5H,1H3,(H2,12,15). The molecule has 0 bridgehead atoms. The number of nitrogen functional groups attached to an aromatic ring is 1. The van der Waals surface area contributed by atoms with Crippen molar-refractivity contribution in [2.75, 3.05) is 5.73 Å². The van der Waals surface area contributed by atoms with E-state index in [4.69, 9.17) is 5.73 Å². The van der Waals surface area contributed by atoms with Crippen molar-refractivity contribution in [3.8, 4) is 11.1 Å². The second-order valence-electron chi connectivity index (χ2n) is 3.71. The lowest BCUT2D eigenvalue weighted by Gasteiger charge is -2.00. The highest BCUT2D eigenvalue weighted by Crippen LogP contribution is 2.26. The quantitative estimate of drug-likeness (QED) is 0.737. The molecule has 0 aliphatic heterocycles. The third-order valence-electron chi connectivity index (χ3n) is 2.43. The van der Waals surface area contributed by atoms with E-state index in [1.54, 1.807) is 15.4 Å². The van der Waals surface area contributed by atoms with Gasteiger partial charge in [-0.05, 0) is 22.0 Å². The topological polar surface area (TPSA) is 74.0 Å². The minimum Gasteiger partial charge on any atom is -0.366 e. The van der Waals surface area contributed by atoms with Crippen LogP contribution in [0.4, 0.5) is 5.95 Å². The second-order valence-corrected chi connectivity index (χ2v) is 4.63. The first-order valence-electron chi connectivity index (χ1n) is 4.94. The van der Waals surface area contributed by atoms with Crippen molar-refractivity contribution in [3.63, 3.8) is 0 Å². The van der Waals surface area contributed by atoms with Crippen molar-refractivity contribution in [1.82, 2.24) is 24.4 Å². The number of hydrogen-bond acceptors (Lipinski definition) is 4. The lowest BCUT2D eigenvalue weighted by atomic mass is 10.1. The van der Waals surface area contributed by atoms with Crippen LogP contribution in [0.25, 0.3) is 16.8 Å². The minimum absolute atomic E-state index is 0.258. The van der Waals surface area contributed by atoms with E-state index in [0.717, 1.165) is 21.2 Å². The number of nitrogens with zero attached hydrogens (tertiary/aromatic N) is 5. The van der Waals surface area contributed by atoms with E-state index in [1.807, 2.05) is 25.5 Å². The molecule has 86 valence electrons. The number of halogens is 1. The van der Waals surface area contributed by atoms with E-state index in [9.17, 15) is 0 Å². The third-order valence-corrected chi connectivity index (χ3v) is 2.87. The Labute approximate surface area is 105 Å². The SMILES string of the molecule is Cn1cc(-c2cc(Br)cn3nc(N)nc23)cn1. The highest BCUT2D eigenvalue weighted by atomic mass is 79.9. The third kappa shape index (κ3) is 1.68. The molecule has 3 rings (SSSR count). The van der Waals surface area contributed by atoms with Crippen LogP contribution in [0.2, 0.25) is 0 Å². The summed E-state index contributed by atoms with van der Waals surface area (Å²) in [5.74, 6) is 0.258. The predicted octanol–water partition coefficient (Wildman–Crippen LogP) is 1.47. The number of nitrogens with two attached hydrogens (primary N) is 1. The summed E-state index contributed by atoms with van der Waals surface area (Å²) in [4.78, 5) is 4.21. The Bertz CT molecular complexity index is 698. The molecule has 0 spiro atoms. The first kappa shape index (κ1) is 10.3. The normalized spacial score (nSPS) is 11.2. The minimum atomic E-state index is 0.258. The predicted molar refractivity (Wildman–Crippen MR) is 67.3 cm³/mol. The summed E-state index contributed by atoms with van der Waals surface area (Å²) in [6, 6.07) is 1.97. The first-order valence-corrected chi connectivity index (χ1v) is 5.73. The van der Waals surface area contributed by atoms with Crippen LogP contribution in [0.15, 0.2) is 29.1 Å². The van der Waals surface area contributed by atoms with Gasteiger partial charge in [-0.15, -0.1) is 5.10 Å². The Morgan fingerprint density at radius 1 is 1.35 bits per heavy atom. The fourth-order valence-electron chi connectivity index (χ4n) is 1.74. The van der Waals surface area contributed by atoms with Crippen LogP contribution >= 0.6 is 15.9 Å². The van der Waals surface area contributed by atoms with E-state index in [2.05, 4.69) is 31.1 Å². The Morgan fingerprint density at radius 3 is 2.88 bits per heavy atom. The molecule has 0 aliphatic carbocycles. The zero-order valence-electron chi connectivity index (χ0n) is 9.00. The number of aromatic nitrogens is 5. The zero-order chi connectivity index (χ0) is 12.0. The summed E-state index contributed by atoms with van der Waals surface area (Å²) in [5, 5.41) is 8.24. The number of anilines is 1. The van der Waals surface area contributed by atoms with E-state index >= 15 is 0 Å². The monoisotopic (exact) mass is 292 g/mol. The van der Waals surface area contributed by atoms with Crippen LogP contribution in [0.3, 0.4) is 0 Å². The van der Waals surface area contributed by atoms with Gasteiger partial charge in [0.15, 0.2) is 5.65 Å². The molecule has 3 aromatic rings. The van der Waals surface area contributed by atoms with Crippen LogP contribution in [0.5, 0.6) is 0 Å². The van der Waals surface area contributed by atoms with E-state index in [-0.39, 0.29) is 5.95 Å². The number of hydrogen-bond donors (Lipinski definition) is 1. The number of aryl methyl sites for hydroxylation is 1. The molecule has 0 saturated heterocycles. The second kappa shape index (κ2) is 3.56. The van der Waals surface area contributed by atoms with Gasteiger partial charge in [-0.25, -0.2) is 4.52 Å². The van der Waals surface area contributed by atoms with E-state index in [0.29, 0.717) is 0 Å². The maximum absolute atomic E-state index is 5.61. The smallest absolute Gasteiger partial charge is 0.240 e. The summed E-state index contributed by atoms with van der Waals surface area (Å²) in [6.45, 7) is 0. The summed E-state index contributed by atoms with van der Waals surface area (Å²) < 4.78 is 4.31. The van der Waals surface area contributed by atoms with Crippen LogP contribution in [0, 0.1) is 0 Å². The van der Waals surface area contributed by atoms with Gasteiger partial charge < -0.3 is 5.73 Å². The van der Waals surface area contributed by atoms with Gasteiger partial charge in [0.25, 0.3) is 0 Å². The highest BCUT2D eigenvalue weighted by Gasteiger charge is 2.11. The molecular formula is C10H9BrN6. The Hall–Kier alpha value is -1.89. The molecule has 2 N–H and O–H groups in total. The van der Waals surface area contributed by atoms with E-state index < -0.39 is 0 Å². The van der Waals surface area contributed by atoms with Gasteiger partial charge in [0.2, 0.25) is 5.95 Å². The largest absolute Gasteiger partial charge is 0.366 e. The number of pyridine rings is 1. The number of fused-ring (bicyclic) bond motifs is 1. The van der Waals surface area contributed by atoms with Crippen molar-refractivity contribution >= 4 is 27.5 Å². The van der Waals surface area contributed by atoms with Gasteiger partial charge in [0, 0.05) is 35.0 Å². The molecular weight excluding hydrogens is 284 g/mol. The molecule has 0 atom stereocenters. The molecule has 3 aromatic heterocycles. The summed E-state index contributed by atoms with van der Waals surface area (Å²) in [6.07, 6.45) is 5.53. The molecule has 0 saturated carbocycles. The van der Waals surface area contributed by atoms with Crippen molar-refractivity contribution in [3.05, 3.63) is 29.1 Å². The fourth-order valence-corrected chi connectivity index (χ4v) is 2.17. The van der Waals surface area contributed by atoms with Gasteiger partial charge in [-0.3, -0.25) is 4.68 Å². The van der Waals surface area contributed by atoms with Crippen LogP contribution in [-0.4, -0.2) is 24.4 Å². The molecule has 3 heterocycles. The molecule has 0 unspecified atom stereocenters. The van der Waals surface area contributed by atoms with Gasteiger partial charge in [0.1, 0.15) is 0 Å². The lowest BCUT2D eigenvalue weighted by Crippen LogP contribution is -1.91. The van der Waals surface area contributed by atoms with Crippen molar-refractivity contribution in [2.24, 2.45) is 7.05 Å². The molecule has 0 aromatic carbocycles. The first-order chi connectivity index (χ1) is 8.13. The van der Waals surface area contributed by atoms with Gasteiger partial charge in [0.05, 0.1) is 6.20 Å². The van der Waals surface area contributed by atoms with Gasteiger partial charge >= 0.3 is 0 Å². The summed E-state index contributed by atoms with van der Waals surface area (Å²) >= 11 is 3.44. The van der Waals surface area contributed by atoms with Crippen molar-refractivity contribution < 1.29 is 0 Å². The van der Waals surface area contributed by atoms with Crippen molar-refractivity contribution in [1.29, 1.82) is 0 Å². The molecule has 0 amide bonds. The maximum Gasteiger partial charge on any atom is 0.240 e. The average Bonchev–Trinajstić information content (AvgIpc) is 2.82. The Balaban J connectivity index is 2.34. The number of rotatable bonds is 1. The molecule has 7 heteroatoms. The molecule has 17 heavy (non-hydrogen) atoms. The Kier molecular flexibility index (Phi) is 2.15. The van der Waals surface area contributed by atoms with Crippen LogP contribution in [0.1, 0.15) is 0 Å². The van der Waals surface area contributed by atoms with Crippen LogP contribution in [-0.2, 0) is 7.05 Å². The average molecular weight is 293 g/mol. The molecule has 6 nitrogen and oxygen atoms in total. The van der Waals surface area contributed by atoms with Crippen molar-refractivity contribution in [2.45, 2.75) is 0 Å². The highest BCUT2D eigenvalue weighted by molar-refractivity contribution is 9.10. The van der Waals surface area contributed by atoms with Crippen LogP contribution < -0.4 is 5.73 Å². The maximum atomic E-state index is 5.61. The zero-order valence-corrected chi connectivity index (χ0v) is 10.6. The summed E-state index contributed by atoms with van der Waals surface area (Å²) in [7, 11) is 1.87. The lowest BCUT2D eigenvalue weighted by molar-refractivity contribution is 0.768. The summed E-state index contributed by atoms with van der Waals surface area (Å²) in [5.41, 5.74) is 8.25. The molecule has 0 aliphatic rings. The Morgan fingerprint density at radius 2 is 2.18 bits per heavy atom. The molecule has 0 fully saturated rings. The van der Waals surface area contributed by atoms with E-state index in [1.165, 1.54) is 0 Å².